The zero-order valence-corrected chi connectivity index (χ0v) is 17.4. The van der Waals surface area contributed by atoms with Gasteiger partial charge in [0.2, 0.25) is 0 Å². The molecule has 0 fully saturated rings. The summed E-state index contributed by atoms with van der Waals surface area (Å²) in [5.41, 5.74) is 3.09. The zero-order chi connectivity index (χ0) is 20.4. The third-order valence-corrected chi connectivity index (χ3v) is 5.91. The number of aryl methyl sites for hydroxylation is 1. The Morgan fingerprint density at radius 1 is 1.38 bits per heavy atom. The molecule has 29 heavy (non-hydrogen) atoms. The molecule has 4 rings (SSSR count). The van der Waals surface area contributed by atoms with Crippen LogP contribution in [0.3, 0.4) is 0 Å². The van der Waals surface area contributed by atoms with E-state index in [1.165, 1.54) is 6.42 Å². The van der Waals surface area contributed by atoms with Crippen molar-refractivity contribution in [1.82, 2.24) is 14.9 Å². The first-order valence-corrected chi connectivity index (χ1v) is 10.5. The van der Waals surface area contributed by atoms with Crippen LogP contribution in [0.25, 0.3) is 0 Å². The van der Waals surface area contributed by atoms with Gasteiger partial charge in [-0.25, -0.2) is 0 Å². The Bertz CT molecular complexity index is 993. The van der Waals surface area contributed by atoms with E-state index in [1.807, 2.05) is 42.1 Å². The number of halogens is 1. The molecule has 1 amide bonds. The van der Waals surface area contributed by atoms with Gasteiger partial charge in [0, 0.05) is 23.2 Å². The minimum Gasteiger partial charge on any atom is -0.360 e. The zero-order valence-electron chi connectivity index (χ0n) is 16.7. The van der Waals surface area contributed by atoms with Gasteiger partial charge in [-0.1, -0.05) is 48.7 Å². The number of nitrogens with zero attached hydrogens (tertiary/aromatic N) is 3. The SMILES string of the molecule is CCCC1CCc2onc(C(=O)Nc3cnn(C(C)c4ccc(Cl)cc4)c3)c2C1. The van der Waals surface area contributed by atoms with E-state index in [0.29, 0.717) is 22.3 Å². The summed E-state index contributed by atoms with van der Waals surface area (Å²) in [6.45, 7) is 4.24. The number of carbonyl (C=O) groups is 1. The molecule has 7 heteroatoms. The van der Waals surface area contributed by atoms with Crippen molar-refractivity contribution in [2.75, 3.05) is 5.32 Å². The number of fused-ring (bicyclic) bond motifs is 1. The molecule has 0 aliphatic heterocycles. The number of carbonyl (C=O) groups excluding carboxylic acids is 1. The molecule has 1 aliphatic rings. The summed E-state index contributed by atoms with van der Waals surface area (Å²) in [4.78, 5) is 12.8. The molecule has 3 aromatic rings. The lowest BCUT2D eigenvalue weighted by Gasteiger charge is -2.20. The first kappa shape index (κ1) is 19.7. The predicted molar refractivity (Wildman–Crippen MR) is 112 cm³/mol. The van der Waals surface area contributed by atoms with Crippen LogP contribution in [0.5, 0.6) is 0 Å². The van der Waals surface area contributed by atoms with Crippen LogP contribution in [0.15, 0.2) is 41.2 Å². The van der Waals surface area contributed by atoms with Crippen molar-refractivity contribution in [2.45, 2.75) is 52.0 Å². The summed E-state index contributed by atoms with van der Waals surface area (Å²) in [5, 5.41) is 12.1. The quantitative estimate of drug-likeness (QED) is 0.596. The van der Waals surface area contributed by atoms with Crippen LogP contribution in [-0.2, 0) is 12.8 Å². The van der Waals surface area contributed by atoms with E-state index >= 15 is 0 Å². The highest BCUT2D eigenvalue weighted by atomic mass is 35.5. The van der Waals surface area contributed by atoms with E-state index in [2.05, 4.69) is 22.5 Å². The Kier molecular flexibility index (Phi) is 5.72. The van der Waals surface area contributed by atoms with Crippen molar-refractivity contribution < 1.29 is 9.32 Å². The molecule has 152 valence electrons. The Balaban J connectivity index is 1.46. The van der Waals surface area contributed by atoms with Gasteiger partial charge in [-0.2, -0.15) is 5.10 Å². The summed E-state index contributed by atoms with van der Waals surface area (Å²) < 4.78 is 7.25. The molecule has 1 N–H and O–H groups in total. The molecular formula is C22H25ClN4O2. The normalized spacial score (nSPS) is 17.0. The number of hydrogen-bond donors (Lipinski definition) is 1. The van der Waals surface area contributed by atoms with Crippen molar-refractivity contribution in [3.63, 3.8) is 0 Å². The molecule has 2 aromatic heterocycles. The van der Waals surface area contributed by atoms with Gasteiger partial charge in [0.25, 0.3) is 5.91 Å². The van der Waals surface area contributed by atoms with Gasteiger partial charge in [0.1, 0.15) is 5.76 Å². The van der Waals surface area contributed by atoms with Gasteiger partial charge < -0.3 is 9.84 Å². The first-order chi connectivity index (χ1) is 14.0. The average molecular weight is 413 g/mol. The monoisotopic (exact) mass is 412 g/mol. The molecule has 2 atom stereocenters. The first-order valence-electron chi connectivity index (χ1n) is 10.1. The van der Waals surface area contributed by atoms with Gasteiger partial charge in [-0.15, -0.1) is 0 Å². The highest BCUT2D eigenvalue weighted by Crippen LogP contribution is 2.31. The number of amides is 1. The van der Waals surface area contributed by atoms with E-state index in [9.17, 15) is 4.79 Å². The fourth-order valence-corrected chi connectivity index (χ4v) is 4.13. The number of hydrogen-bond acceptors (Lipinski definition) is 4. The van der Waals surface area contributed by atoms with Crippen LogP contribution in [0.1, 0.15) is 66.5 Å². The summed E-state index contributed by atoms with van der Waals surface area (Å²) in [6, 6.07) is 7.69. The van der Waals surface area contributed by atoms with Gasteiger partial charge >= 0.3 is 0 Å². The molecule has 1 aromatic carbocycles. The molecule has 0 spiro atoms. The Morgan fingerprint density at radius 2 is 2.17 bits per heavy atom. The fourth-order valence-electron chi connectivity index (χ4n) is 4.01. The maximum absolute atomic E-state index is 12.8. The lowest BCUT2D eigenvalue weighted by atomic mass is 9.84. The third-order valence-electron chi connectivity index (χ3n) is 5.66. The smallest absolute Gasteiger partial charge is 0.278 e. The van der Waals surface area contributed by atoms with Crippen molar-refractivity contribution >= 4 is 23.2 Å². The fraction of sp³-hybridized carbons (Fsp3) is 0.409. The highest BCUT2D eigenvalue weighted by molar-refractivity contribution is 6.30. The van der Waals surface area contributed by atoms with Crippen molar-refractivity contribution in [2.24, 2.45) is 5.92 Å². The van der Waals surface area contributed by atoms with E-state index in [1.54, 1.807) is 6.20 Å². The van der Waals surface area contributed by atoms with E-state index in [-0.39, 0.29) is 11.9 Å². The number of rotatable bonds is 6. The van der Waals surface area contributed by atoms with Crippen LogP contribution in [-0.4, -0.2) is 20.8 Å². The van der Waals surface area contributed by atoms with Gasteiger partial charge in [-0.3, -0.25) is 9.48 Å². The molecule has 0 bridgehead atoms. The summed E-state index contributed by atoms with van der Waals surface area (Å²) in [6.07, 6.45) is 8.62. The maximum Gasteiger partial charge on any atom is 0.278 e. The van der Waals surface area contributed by atoms with Gasteiger partial charge in [0.15, 0.2) is 5.69 Å². The van der Waals surface area contributed by atoms with Gasteiger partial charge in [-0.05, 0) is 43.4 Å². The van der Waals surface area contributed by atoms with E-state index in [0.717, 1.165) is 42.6 Å². The number of aromatic nitrogens is 3. The topological polar surface area (TPSA) is 73.0 Å². The minimum atomic E-state index is -0.245. The lowest BCUT2D eigenvalue weighted by molar-refractivity contribution is 0.101. The van der Waals surface area contributed by atoms with Crippen LogP contribution in [0.4, 0.5) is 5.69 Å². The van der Waals surface area contributed by atoms with Crippen molar-refractivity contribution in [3.05, 3.63) is 64.3 Å². The summed E-state index contributed by atoms with van der Waals surface area (Å²) in [7, 11) is 0. The summed E-state index contributed by atoms with van der Waals surface area (Å²) in [5.74, 6) is 1.21. The maximum atomic E-state index is 12.8. The molecule has 2 heterocycles. The standard InChI is InChI=1S/C22H25ClN4O2/c1-3-4-15-5-10-20-19(11-15)21(26-29-20)22(28)25-18-12-24-27(13-18)14(2)16-6-8-17(23)9-7-16/h6-9,12-15H,3-5,10-11H2,1-2H3,(H,25,28). The molecule has 2 unspecified atom stereocenters. The van der Waals surface area contributed by atoms with E-state index in [4.69, 9.17) is 16.1 Å². The second kappa shape index (κ2) is 8.41. The Labute approximate surface area is 175 Å². The van der Waals surface area contributed by atoms with Crippen molar-refractivity contribution in [3.8, 4) is 0 Å². The number of nitrogens with one attached hydrogen (secondary N) is 1. The van der Waals surface area contributed by atoms with E-state index < -0.39 is 0 Å². The lowest BCUT2D eigenvalue weighted by Crippen LogP contribution is -2.19. The predicted octanol–water partition coefficient (Wildman–Crippen LogP) is 5.29. The minimum absolute atomic E-state index is 0.0209. The Morgan fingerprint density at radius 3 is 2.93 bits per heavy atom. The van der Waals surface area contributed by atoms with Crippen molar-refractivity contribution in [1.29, 1.82) is 0 Å². The second-order valence-electron chi connectivity index (χ2n) is 7.72. The Hall–Kier alpha value is -2.60. The van der Waals surface area contributed by atoms with Crippen LogP contribution in [0.2, 0.25) is 5.02 Å². The molecular weight excluding hydrogens is 388 g/mol. The molecule has 0 saturated heterocycles. The largest absolute Gasteiger partial charge is 0.360 e. The highest BCUT2D eigenvalue weighted by Gasteiger charge is 2.28. The average Bonchev–Trinajstić information content (AvgIpc) is 3.35. The molecule has 1 aliphatic carbocycles. The summed E-state index contributed by atoms with van der Waals surface area (Å²) >= 11 is 5.97. The molecule has 0 radical (unpaired) electrons. The van der Waals surface area contributed by atoms with Gasteiger partial charge in [0.05, 0.1) is 17.9 Å². The van der Waals surface area contributed by atoms with Crippen LogP contribution < -0.4 is 5.32 Å². The molecule has 0 saturated carbocycles. The van der Waals surface area contributed by atoms with Crippen LogP contribution in [0, 0.1) is 5.92 Å². The third kappa shape index (κ3) is 4.22. The second-order valence-corrected chi connectivity index (χ2v) is 8.16. The molecule has 6 nitrogen and oxygen atoms in total. The number of benzene rings is 1. The number of anilines is 1. The van der Waals surface area contributed by atoms with Crippen LogP contribution >= 0.6 is 11.6 Å².